The van der Waals surface area contributed by atoms with E-state index in [0.29, 0.717) is 30.3 Å². The molecule has 1 aliphatic rings. The molecular formula is C16H15F3N2O3S. The topological polar surface area (TPSA) is 70.5 Å². The van der Waals surface area contributed by atoms with Crippen LogP contribution in [0, 0.1) is 6.92 Å². The SMILES string of the molecule is Cc1c(C(=O)N2CCCC[C@@H]2C(=O)O)sc2nc(C(F)(F)F)ccc12. The van der Waals surface area contributed by atoms with Gasteiger partial charge in [-0.25, -0.2) is 9.78 Å². The number of hydrogen-bond acceptors (Lipinski definition) is 4. The highest BCUT2D eigenvalue weighted by Crippen LogP contribution is 2.35. The second kappa shape index (κ2) is 6.29. The summed E-state index contributed by atoms with van der Waals surface area (Å²) < 4.78 is 38.4. The number of amides is 1. The standard InChI is InChI=1S/C16H15F3N2O3S/c1-8-9-5-6-11(16(17,18)19)20-13(9)25-12(8)14(22)21-7-3-2-4-10(21)15(23)24/h5-6,10H,2-4,7H2,1H3,(H,23,24)/t10-/m1/s1. The molecule has 3 rings (SSSR count). The summed E-state index contributed by atoms with van der Waals surface area (Å²) in [6, 6.07) is 1.29. The molecule has 3 heterocycles. The fourth-order valence-corrected chi connectivity index (χ4v) is 4.16. The second-order valence-corrected chi connectivity index (χ2v) is 6.95. The van der Waals surface area contributed by atoms with Crippen LogP contribution in [-0.2, 0) is 11.0 Å². The lowest BCUT2D eigenvalue weighted by atomic mass is 10.0. The maximum absolute atomic E-state index is 12.8. The average molecular weight is 372 g/mol. The Hall–Kier alpha value is -2.16. The van der Waals surface area contributed by atoms with Gasteiger partial charge in [0.15, 0.2) is 0 Å². The number of aromatic nitrogens is 1. The number of fused-ring (bicyclic) bond motifs is 1. The summed E-state index contributed by atoms with van der Waals surface area (Å²) in [5.74, 6) is -1.52. The van der Waals surface area contributed by atoms with E-state index < -0.39 is 29.8 Å². The highest BCUT2D eigenvalue weighted by Gasteiger charge is 2.35. The summed E-state index contributed by atoms with van der Waals surface area (Å²) >= 11 is 0.874. The summed E-state index contributed by atoms with van der Waals surface area (Å²) in [6.07, 6.45) is -2.75. The van der Waals surface area contributed by atoms with Gasteiger partial charge in [0, 0.05) is 11.9 Å². The Balaban J connectivity index is 2.01. The number of carboxylic acid groups (broad SMARTS) is 1. The minimum absolute atomic E-state index is 0.125. The van der Waals surface area contributed by atoms with Crippen molar-refractivity contribution in [3.8, 4) is 0 Å². The molecule has 0 aromatic carbocycles. The second-order valence-electron chi connectivity index (χ2n) is 5.95. The zero-order chi connectivity index (χ0) is 18.4. The predicted octanol–water partition coefficient (Wildman–Crippen LogP) is 3.70. The number of aliphatic carboxylic acids is 1. The molecule has 0 radical (unpaired) electrons. The van der Waals surface area contributed by atoms with Gasteiger partial charge < -0.3 is 10.0 Å². The molecule has 1 aliphatic heterocycles. The molecule has 0 aliphatic carbocycles. The Kier molecular flexibility index (Phi) is 4.44. The number of carboxylic acids is 1. The fourth-order valence-electron chi connectivity index (χ4n) is 3.02. The van der Waals surface area contributed by atoms with Gasteiger partial charge in [0.25, 0.3) is 5.91 Å². The van der Waals surface area contributed by atoms with Crippen molar-refractivity contribution < 1.29 is 27.9 Å². The number of carbonyl (C=O) groups excluding carboxylic acids is 1. The third kappa shape index (κ3) is 3.20. The number of rotatable bonds is 2. The molecule has 1 N–H and O–H groups in total. The number of pyridine rings is 1. The Bertz CT molecular complexity index is 847. The first-order valence-corrected chi connectivity index (χ1v) is 8.53. The van der Waals surface area contributed by atoms with Crippen LogP contribution >= 0.6 is 11.3 Å². The van der Waals surface area contributed by atoms with Gasteiger partial charge in [-0.2, -0.15) is 13.2 Å². The Labute approximate surface area is 145 Å². The summed E-state index contributed by atoms with van der Waals surface area (Å²) in [6.45, 7) is 1.96. The van der Waals surface area contributed by atoms with Gasteiger partial charge in [0.1, 0.15) is 16.6 Å². The third-order valence-corrected chi connectivity index (χ3v) is 5.53. The zero-order valence-electron chi connectivity index (χ0n) is 13.3. The molecule has 134 valence electrons. The molecule has 1 fully saturated rings. The van der Waals surface area contributed by atoms with Crippen molar-refractivity contribution in [1.29, 1.82) is 0 Å². The fraction of sp³-hybridized carbons (Fsp3) is 0.438. The quantitative estimate of drug-likeness (QED) is 0.873. The van der Waals surface area contributed by atoms with E-state index in [-0.39, 0.29) is 9.71 Å². The molecule has 9 heteroatoms. The van der Waals surface area contributed by atoms with Crippen molar-refractivity contribution in [2.24, 2.45) is 0 Å². The lowest BCUT2D eigenvalue weighted by Crippen LogP contribution is -2.47. The minimum Gasteiger partial charge on any atom is -0.480 e. The van der Waals surface area contributed by atoms with Gasteiger partial charge in [-0.15, -0.1) is 11.3 Å². The van der Waals surface area contributed by atoms with Gasteiger partial charge in [0.2, 0.25) is 0 Å². The first-order chi connectivity index (χ1) is 11.7. The summed E-state index contributed by atoms with van der Waals surface area (Å²) in [7, 11) is 0. The summed E-state index contributed by atoms with van der Waals surface area (Å²) in [4.78, 5) is 29.5. The Morgan fingerprint density at radius 2 is 2.04 bits per heavy atom. The number of aryl methyl sites for hydroxylation is 1. The molecule has 2 aromatic rings. The van der Waals surface area contributed by atoms with Crippen molar-refractivity contribution >= 4 is 33.4 Å². The van der Waals surface area contributed by atoms with Gasteiger partial charge >= 0.3 is 12.1 Å². The van der Waals surface area contributed by atoms with Gasteiger partial charge in [-0.05, 0) is 43.9 Å². The van der Waals surface area contributed by atoms with E-state index in [0.717, 1.165) is 23.8 Å². The summed E-state index contributed by atoms with van der Waals surface area (Å²) in [5, 5.41) is 9.79. The number of thiophene rings is 1. The van der Waals surface area contributed by atoms with Crippen molar-refractivity contribution in [3.05, 3.63) is 28.3 Å². The molecule has 5 nitrogen and oxygen atoms in total. The first kappa shape index (κ1) is 17.7. The number of hydrogen-bond donors (Lipinski definition) is 1. The number of likely N-dealkylation sites (tertiary alicyclic amines) is 1. The lowest BCUT2D eigenvalue weighted by Gasteiger charge is -2.32. The van der Waals surface area contributed by atoms with E-state index in [1.807, 2.05) is 0 Å². The maximum Gasteiger partial charge on any atom is 0.433 e. The average Bonchev–Trinajstić information content (AvgIpc) is 2.90. The van der Waals surface area contributed by atoms with Crippen LogP contribution in [0.5, 0.6) is 0 Å². The molecule has 0 unspecified atom stereocenters. The molecule has 0 spiro atoms. The van der Waals surface area contributed by atoms with E-state index >= 15 is 0 Å². The number of halogens is 3. The van der Waals surface area contributed by atoms with Crippen LogP contribution in [0.4, 0.5) is 13.2 Å². The number of carbonyl (C=O) groups is 2. The highest BCUT2D eigenvalue weighted by molar-refractivity contribution is 7.20. The third-order valence-electron chi connectivity index (χ3n) is 4.34. The van der Waals surface area contributed by atoms with Crippen LogP contribution < -0.4 is 0 Å². The van der Waals surface area contributed by atoms with Crippen molar-refractivity contribution in [3.63, 3.8) is 0 Å². The largest absolute Gasteiger partial charge is 0.480 e. The van der Waals surface area contributed by atoms with E-state index in [2.05, 4.69) is 4.98 Å². The molecule has 2 aromatic heterocycles. The Morgan fingerprint density at radius 1 is 1.32 bits per heavy atom. The molecule has 25 heavy (non-hydrogen) atoms. The van der Waals surface area contributed by atoms with Crippen LogP contribution in [0.2, 0.25) is 0 Å². The number of nitrogens with zero attached hydrogens (tertiary/aromatic N) is 2. The van der Waals surface area contributed by atoms with E-state index in [9.17, 15) is 27.9 Å². The number of piperidine rings is 1. The van der Waals surface area contributed by atoms with Crippen LogP contribution in [0.15, 0.2) is 12.1 Å². The molecule has 0 saturated carbocycles. The van der Waals surface area contributed by atoms with Crippen molar-refractivity contribution in [2.75, 3.05) is 6.54 Å². The predicted molar refractivity (Wildman–Crippen MR) is 85.7 cm³/mol. The van der Waals surface area contributed by atoms with E-state index in [1.54, 1.807) is 6.92 Å². The van der Waals surface area contributed by atoms with Gasteiger partial charge in [0.05, 0.1) is 4.88 Å². The van der Waals surface area contributed by atoms with Crippen LogP contribution in [0.3, 0.4) is 0 Å². The molecule has 0 bridgehead atoms. The lowest BCUT2D eigenvalue weighted by molar-refractivity contribution is -0.143. The van der Waals surface area contributed by atoms with Crippen LogP contribution in [-0.4, -0.2) is 39.5 Å². The van der Waals surface area contributed by atoms with E-state index in [1.165, 1.54) is 11.0 Å². The minimum atomic E-state index is -4.56. The Morgan fingerprint density at radius 3 is 2.68 bits per heavy atom. The van der Waals surface area contributed by atoms with Crippen molar-refractivity contribution in [2.45, 2.75) is 38.4 Å². The van der Waals surface area contributed by atoms with Gasteiger partial charge in [-0.3, -0.25) is 4.79 Å². The molecule has 1 atom stereocenters. The molecule has 1 amide bonds. The maximum atomic E-state index is 12.8. The summed E-state index contributed by atoms with van der Waals surface area (Å²) in [5.41, 5.74) is -0.484. The normalized spacial score (nSPS) is 18.6. The zero-order valence-corrected chi connectivity index (χ0v) is 14.1. The smallest absolute Gasteiger partial charge is 0.433 e. The van der Waals surface area contributed by atoms with E-state index in [4.69, 9.17) is 0 Å². The highest BCUT2D eigenvalue weighted by atomic mass is 32.1. The van der Waals surface area contributed by atoms with Crippen molar-refractivity contribution in [1.82, 2.24) is 9.88 Å². The first-order valence-electron chi connectivity index (χ1n) is 7.71. The molecule has 1 saturated heterocycles. The van der Waals surface area contributed by atoms with Gasteiger partial charge in [-0.1, -0.05) is 0 Å². The van der Waals surface area contributed by atoms with Crippen LogP contribution in [0.1, 0.15) is 40.2 Å². The monoisotopic (exact) mass is 372 g/mol. The molecular weight excluding hydrogens is 357 g/mol. The number of alkyl halides is 3. The van der Waals surface area contributed by atoms with Crippen LogP contribution in [0.25, 0.3) is 10.2 Å².